The Labute approximate surface area is 179 Å². The molecule has 0 aromatic carbocycles. The fourth-order valence-electron chi connectivity index (χ4n) is 6.02. The lowest BCUT2D eigenvalue weighted by atomic mass is 9.70. The third kappa shape index (κ3) is 2.35. The summed E-state index contributed by atoms with van der Waals surface area (Å²) in [6.07, 6.45) is 2.77. The Kier molecular flexibility index (Phi) is 4.11. The van der Waals surface area contributed by atoms with Gasteiger partial charge in [-0.25, -0.2) is 4.79 Å². The van der Waals surface area contributed by atoms with Crippen molar-refractivity contribution in [2.45, 2.75) is 75.9 Å². The third-order valence-corrected chi connectivity index (χ3v) is 9.62. The molecule has 11 heteroatoms. The van der Waals surface area contributed by atoms with Gasteiger partial charge < -0.3 is 14.7 Å². The van der Waals surface area contributed by atoms with Gasteiger partial charge in [-0.05, 0) is 19.8 Å². The van der Waals surface area contributed by atoms with E-state index in [0.29, 0.717) is 18.4 Å². The van der Waals surface area contributed by atoms with Gasteiger partial charge in [0, 0.05) is 35.8 Å². The van der Waals surface area contributed by atoms with Crippen LogP contribution in [-0.4, -0.2) is 57.2 Å². The summed E-state index contributed by atoms with van der Waals surface area (Å²) >= 11 is 0. The van der Waals surface area contributed by atoms with Crippen LogP contribution in [0.15, 0.2) is 27.6 Å². The van der Waals surface area contributed by atoms with Crippen molar-refractivity contribution >= 4 is 10.1 Å². The number of hydrogen-bond donors (Lipinski definition) is 2. The second kappa shape index (κ2) is 6.09. The molecular weight excluding hydrogens is 426 g/mol. The molecule has 5 heterocycles. The van der Waals surface area contributed by atoms with Gasteiger partial charge in [0.2, 0.25) is 0 Å². The van der Waals surface area contributed by atoms with E-state index in [0.717, 1.165) is 5.70 Å². The topological polar surface area (TPSA) is 131 Å². The molecule has 2 N–H and O–H groups in total. The van der Waals surface area contributed by atoms with Crippen molar-refractivity contribution in [3.8, 4) is 0 Å². The van der Waals surface area contributed by atoms with Crippen LogP contribution in [-0.2, 0) is 19.0 Å². The minimum atomic E-state index is -4.14. The molecule has 3 saturated heterocycles. The van der Waals surface area contributed by atoms with Crippen LogP contribution in [0.1, 0.15) is 51.8 Å². The number of nitrogens with one attached hydrogen (secondary N) is 1. The number of H-pyrrole nitrogens is 1. The quantitative estimate of drug-likeness (QED) is 0.626. The predicted molar refractivity (Wildman–Crippen MR) is 110 cm³/mol. The molecule has 0 amide bonds. The van der Waals surface area contributed by atoms with Gasteiger partial charge in [-0.15, -0.1) is 0 Å². The molecular formula is C20H27N3O7S. The number of aryl methyl sites for hydroxylation is 1. The molecule has 6 atom stereocenters. The molecule has 0 aliphatic carbocycles. The molecule has 4 aliphatic heterocycles. The normalized spacial score (nSPS) is 42.4. The fourth-order valence-corrected chi connectivity index (χ4v) is 8.46. The first-order chi connectivity index (χ1) is 14.4. The highest BCUT2D eigenvalue weighted by Crippen LogP contribution is 2.65. The van der Waals surface area contributed by atoms with Crippen LogP contribution < -0.4 is 11.2 Å². The number of aliphatic hydroxyl groups is 1. The molecule has 170 valence electrons. The fraction of sp³-hybridized carbons (Fsp3) is 0.700. The zero-order valence-electron chi connectivity index (χ0n) is 17.9. The SMILES string of the molecule is CCC1=C[C@](C)(CC)[C@@H]2[C@]3(O)N1C[C@H]1O[C@@H](n4cc(C)c(=O)[nH]c4=O)C[C@]13OS2(=O)=O. The third-order valence-electron chi connectivity index (χ3n) is 7.64. The molecule has 0 radical (unpaired) electrons. The summed E-state index contributed by atoms with van der Waals surface area (Å²) < 4.78 is 39.7. The summed E-state index contributed by atoms with van der Waals surface area (Å²) in [6.45, 7) is 7.50. The first-order valence-electron chi connectivity index (χ1n) is 10.6. The lowest BCUT2D eigenvalue weighted by molar-refractivity contribution is -0.169. The zero-order chi connectivity index (χ0) is 22.6. The smallest absolute Gasteiger partial charge is 0.330 e. The van der Waals surface area contributed by atoms with Gasteiger partial charge in [-0.1, -0.05) is 26.8 Å². The highest BCUT2D eigenvalue weighted by atomic mass is 32.2. The van der Waals surface area contributed by atoms with Gasteiger partial charge in [-0.3, -0.25) is 18.5 Å². The number of allylic oxidation sites excluding steroid dienone is 2. The summed E-state index contributed by atoms with van der Waals surface area (Å²) in [5.74, 6) is 0. The van der Waals surface area contributed by atoms with Gasteiger partial charge >= 0.3 is 5.69 Å². The predicted octanol–water partition coefficient (Wildman–Crippen LogP) is 0.328. The first kappa shape index (κ1) is 20.9. The van der Waals surface area contributed by atoms with Gasteiger partial charge in [0.15, 0.2) is 11.3 Å². The summed E-state index contributed by atoms with van der Waals surface area (Å²) in [4.78, 5) is 28.2. The van der Waals surface area contributed by atoms with Crippen LogP contribution in [0.2, 0.25) is 0 Å². The van der Waals surface area contributed by atoms with E-state index in [1.54, 1.807) is 11.8 Å². The highest BCUT2D eigenvalue weighted by Gasteiger charge is 2.83. The second-order valence-corrected chi connectivity index (χ2v) is 10.9. The van der Waals surface area contributed by atoms with Gasteiger partial charge in [0.05, 0.1) is 0 Å². The Bertz CT molecular complexity index is 1220. The maximum absolute atomic E-state index is 13.3. The Balaban J connectivity index is 1.67. The number of nitrogens with zero attached hydrogens (tertiary/aromatic N) is 2. The summed E-state index contributed by atoms with van der Waals surface area (Å²) in [6, 6.07) is 0. The van der Waals surface area contributed by atoms with Gasteiger partial charge in [0.1, 0.15) is 17.6 Å². The van der Waals surface area contributed by atoms with E-state index in [4.69, 9.17) is 8.92 Å². The van der Waals surface area contributed by atoms with E-state index in [9.17, 15) is 23.1 Å². The van der Waals surface area contributed by atoms with Crippen LogP contribution in [0.3, 0.4) is 0 Å². The Morgan fingerprint density at radius 2 is 2.03 bits per heavy atom. The average molecular weight is 454 g/mol. The minimum absolute atomic E-state index is 0.0391. The summed E-state index contributed by atoms with van der Waals surface area (Å²) in [5, 5.41) is 11.0. The van der Waals surface area contributed by atoms with Crippen LogP contribution >= 0.6 is 0 Å². The number of aromatic amines is 1. The first-order valence-corrected chi connectivity index (χ1v) is 12.0. The Morgan fingerprint density at radius 1 is 1.32 bits per heavy atom. The monoisotopic (exact) mass is 453 g/mol. The van der Waals surface area contributed by atoms with Crippen LogP contribution in [0.4, 0.5) is 0 Å². The van der Waals surface area contributed by atoms with Crippen molar-refractivity contribution in [2.75, 3.05) is 6.54 Å². The molecule has 1 spiro atoms. The van der Waals surface area contributed by atoms with Crippen molar-refractivity contribution in [1.82, 2.24) is 14.5 Å². The Morgan fingerprint density at radius 3 is 2.68 bits per heavy atom. The van der Waals surface area contributed by atoms with E-state index < -0.39 is 55.7 Å². The maximum atomic E-state index is 13.3. The largest absolute Gasteiger partial charge is 0.367 e. The molecule has 0 bridgehead atoms. The molecule has 0 saturated carbocycles. The molecule has 5 rings (SSSR count). The Hall–Kier alpha value is -1.95. The van der Waals surface area contributed by atoms with Crippen LogP contribution in [0.5, 0.6) is 0 Å². The van der Waals surface area contributed by atoms with E-state index in [1.807, 2.05) is 26.8 Å². The molecule has 31 heavy (non-hydrogen) atoms. The molecule has 1 aromatic heterocycles. The van der Waals surface area contributed by atoms with E-state index >= 15 is 0 Å². The maximum Gasteiger partial charge on any atom is 0.330 e. The van der Waals surface area contributed by atoms with E-state index in [1.165, 1.54) is 10.8 Å². The number of ether oxygens (including phenoxy) is 1. The summed E-state index contributed by atoms with van der Waals surface area (Å²) in [5.41, 5.74) is -4.16. The summed E-state index contributed by atoms with van der Waals surface area (Å²) in [7, 11) is -4.14. The van der Waals surface area contributed by atoms with E-state index in [-0.39, 0.29) is 13.0 Å². The van der Waals surface area contributed by atoms with Crippen molar-refractivity contribution in [3.05, 3.63) is 44.4 Å². The second-order valence-electron chi connectivity index (χ2n) is 9.29. The molecule has 10 nitrogen and oxygen atoms in total. The highest BCUT2D eigenvalue weighted by molar-refractivity contribution is 7.87. The zero-order valence-corrected chi connectivity index (χ0v) is 18.7. The van der Waals surface area contributed by atoms with Gasteiger partial charge in [0.25, 0.3) is 15.7 Å². The lowest BCUT2D eigenvalue weighted by Gasteiger charge is -2.50. The van der Waals surface area contributed by atoms with Crippen molar-refractivity contribution in [2.24, 2.45) is 5.41 Å². The van der Waals surface area contributed by atoms with E-state index in [2.05, 4.69) is 4.98 Å². The minimum Gasteiger partial charge on any atom is -0.367 e. The van der Waals surface area contributed by atoms with Crippen LogP contribution in [0, 0.1) is 12.3 Å². The van der Waals surface area contributed by atoms with Gasteiger partial charge in [-0.2, -0.15) is 8.42 Å². The molecule has 3 fully saturated rings. The van der Waals surface area contributed by atoms with Crippen molar-refractivity contribution in [3.63, 3.8) is 0 Å². The molecule has 0 unspecified atom stereocenters. The lowest BCUT2D eigenvalue weighted by Crippen LogP contribution is -2.67. The van der Waals surface area contributed by atoms with Crippen molar-refractivity contribution in [1.29, 1.82) is 0 Å². The van der Waals surface area contributed by atoms with Crippen molar-refractivity contribution < 1.29 is 22.4 Å². The number of rotatable bonds is 3. The molecule has 1 aromatic rings. The van der Waals surface area contributed by atoms with Crippen LogP contribution in [0.25, 0.3) is 0 Å². The number of aromatic nitrogens is 2. The standard InChI is InChI=1S/C20H27N3O7S/c1-5-12-7-18(4,6-2)16-20(26)19(30-31(16,27)28)8-14(29-13(19)10-23(12)20)22-9-11(3)15(24)21-17(22)25/h7,9,13-14,16,26H,5-6,8,10H2,1-4H3,(H,21,24,25)/t13-,14-,16-,18+,19+,20-/m1/s1. The molecule has 4 aliphatic rings. The number of hydrogen-bond acceptors (Lipinski definition) is 8. The average Bonchev–Trinajstić information content (AvgIpc) is 3.21.